The minimum Gasteiger partial charge on any atom is -0.495 e. The number of carbonyl (C=O) groups excluding carboxylic acids is 2. The molecule has 9 heteroatoms. The Morgan fingerprint density at radius 2 is 1.94 bits per heavy atom. The van der Waals surface area contributed by atoms with E-state index in [0.717, 1.165) is 40.9 Å². The molecule has 1 aliphatic carbocycles. The number of methoxy groups -OCH3 is 1. The number of benzene rings is 2. The highest BCUT2D eigenvalue weighted by molar-refractivity contribution is 6.35. The summed E-state index contributed by atoms with van der Waals surface area (Å²) in [6.07, 6.45) is 2.08. The summed E-state index contributed by atoms with van der Waals surface area (Å²) in [7, 11) is 3.41. The average molecular weight is 513 g/mol. The number of fused-ring (bicyclic) bond motifs is 1. The molecule has 5 rings (SSSR count). The van der Waals surface area contributed by atoms with Gasteiger partial charge in [-0.2, -0.15) is 5.10 Å². The normalized spacial score (nSPS) is 18.2. The van der Waals surface area contributed by atoms with Crippen LogP contribution >= 0.6 is 23.2 Å². The molecule has 0 saturated heterocycles. The molecule has 2 N–H and O–H groups in total. The zero-order chi connectivity index (χ0) is 25.1. The number of nitrogens with zero attached hydrogens (tertiary/aromatic N) is 3. The molecule has 7 nitrogen and oxygen atoms in total. The lowest BCUT2D eigenvalue weighted by Gasteiger charge is -2.33. The number of hydrogen-bond donors (Lipinski definition) is 1. The Kier molecular flexibility index (Phi) is 5.80. The summed E-state index contributed by atoms with van der Waals surface area (Å²) in [4.78, 5) is 27.3. The lowest BCUT2D eigenvalue weighted by Crippen LogP contribution is -2.39. The van der Waals surface area contributed by atoms with Gasteiger partial charge in [0.05, 0.1) is 40.5 Å². The molecule has 1 aliphatic heterocycles. The number of carbonyl (C=O) groups is 2. The fourth-order valence-electron chi connectivity index (χ4n) is 5.18. The highest BCUT2D eigenvalue weighted by Gasteiger charge is 2.50. The van der Waals surface area contributed by atoms with E-state index in [9.17, 15) is 9.59 Å². The van der Waals surface area contributed by atoms with Gasteiger partial charge >= 0.3 is 0 Å². The molecule has 1 atom stereocenters. The van der Waals surface area contributed by atoms with Crippen molar-refractivity contribution in [2.24, 2.45) is 12.8 Å². The van der Waals surface area contributed by atoms with E-state index in [1.807, 2.05) is 36.9 Å². The Morgan fingerprint density at radius 1 is 1.20 bits per heavy atom. The Labute approximate surface area is 213 Å². The molecule has 1 fully saturated rings. The van der Waals surface area contributed by atoms with Gasteiger partial charge in [0, 0.05) is 29.7 Å². The first-order chi connectivity index (χ1) is 16.7. The fraction of sp³-hybridized carbons (Fsp3) is 0.346. The molecule has 1 saturated carbocycles. The summed E-state index contributed by atoms with van der Waals surface area (Å²) >= 11 is 12.9. The van der Waals surface area contributed by atoms with Crippen LogP contribution in [0.2, 0.25) is 10.0 Å². The van der Waals surface area contributed by atoms with Crippen LogP contribution in [0.5, 0.6) is 5.75 Å². The van der Waals surface area contributed by atoms with Crippen LogP contribution in [-0.2, 0) is 23.7 Å². The van der Waals surface area contributed by atoms with Crippen molar-refractivity contribution in [1.29, 1.82) is 0 Å². The molecular formula is C26H26Cl2N4O3. The number of hydrogen-bond acceptors (Lipinski definition) is 4. The maximum atomic E-state index is 13.4. The third kappa shape index (κ3) is 3.78. The first-order valence-electron chi connectivity index (χ1n) is 11.5. The second-order valence-corrected chi connectivity index (χ2v) is 10.1. The number of aryl methyl sites for hydroxylation is 1. The molecule has 182 valence electrons. The lowest BCUT2D eigenvalue weighted by atomic mass is 9.90. The maximum Gasteiger partial charge on any atom is 0.256 e. The Balaban J connectivity index is 1.52. The second kappa shape index (κ2) is 8.57. The lowest BCUT2D eigenvalue weighted by molar-refractivity contribution is -0.120. The average Bonchev–Trinajstić information content (AvgIpc) is 3.57. The van der Waals surface area contributed by atoms with Gasteiger partial charge in [-0.1, -0.05) is 29.3 Å². The van der Waals surface area contributed by atoms with Gasteiger partial charge in [-0.25, -0.2) is 0 Å². The predicted molar refractivity (Wildman–Crippen MR) is 135 cm³/mol. The van der Waals surface area contributed by atoms with Crippen molar-refractivity contribution < 1.29 is 14.3 Å². The molecule has 2 aromatic carbocycles. The Morgan fingerprint density at radius 3 is 2.60 bits per heavy atom. The van der Waals surface area contributed by atoms with E-state index in [0.29, 0.717) is 34.3 Å². The zero-order valence-corrected chi connectivity index (χ0v) is 21.3. The number of rotatable bonds is 5. The number of amides is 2. The maximum absolute atomic E-state index is 13.4. The van der Waals surface area contributed by atoms with Crippen LogP contribution in [0.3, 0.4) is 0 Å². The molecule has 2 amide bonds. The molecule has 2 heterocycles. The summed E-state index contributed by atoms with van der Waals surface area (Å²) in [5, 5.41) is 5.64. The molecule has 0 spiro atoms. The van der Waals surface area contributed by atoms with Crippen LogP contribution in [0.15, 0.2) is 36.4 Å². The second-order valence-electron chi connectivity index (χ2n) is 9.26. The number of primary amides is 1. The van der Waals surface area contributed by atoms with Crippen molar-refractivity contribution >= 4 is 35.0 Å². The summed E-state index contributed by atoms with van der Waals surface area (Å²) in [6, 6.07) is 10.6. The van der Waals surface area contributed by atoms with Crippen LogP contribution in [0.4, 0.5) is 0 Å². The van der Waals surface area contributed by atoms with Crippen molar-refractivity contribution in [2.45, 2.75) is 37.6 Å². The Bertz CT molecular complexity index is 1360. The van der Waals surface area contributed by atoms with Gasteiger partial charge in [-0.3, -0.25) is 14.3 Å². The van der Waals surface area contributed by atoms with Crippen LogP contribution in [-0.4, -0.2) is 40.1 Å². The predicted octanol–water partition coefficient (Wildman–Crippen LogP) is 4.68. The van der Waals surface area contributed by atoms with Gasteiger partial charge < -0.3 is 15.4 Å². The highest BCUT2D eigenvalue weighted by atomic mass is 35.5. The Hall–Kier alpha value is -3.03. The first kappa shape index (κ1) is 23.7. The summed E-state index contributed by atoms with van der Waals surface area (Å²) < 4.78 is 7.10. The third-order valence-electron chi connectivity index (χ3n) is 7.26. The number of ether oxygens (including phenoxy) is 1. The van der Waals surface area contributed by atoms with Crippen LogP contribution in [0.1, 0.15) is 53.0 Å². The molecule has 35 heavy (non-hydrogen) atoms. The molecule has 1 aromatic heterocycles. The van der Waals surface area contributed by atoms with E-state index in [4.69, 9.17) is 38.8 Å². The molecule has 3 aromatic rings. The fourth-order valence-corrected chi connectivity index (χ4v) is 5.70. The van der Waals surface area contributed by atoms with E-state index in [-0.39, 0.29) is 17.9 Å². The zero-order valence-electron chi connectivity index (χ0n) is 19.8. The van der Waals surface area contributed by atoms with Gasteiger partial charge in [0.15, 0.2) is 0 Å². The standard InChI is InChI=1S/C26H26Cl2N4O3/c1-14-22-19(7-10-32(14)24(33)18-5-4-6-20(35-3)21(18)28)23(31(2)30-22)15-11-16(13-17(27)12-15)26(8-9-26)25(29)34/h4-6,11-14H,7-10H2,1-3H3,(H2,29,34)/t14-/m0/s1. The van der Waals surface area contributed by atoms with Crippen molar-refractivity contribution in [2.75, 3.05) is 13.7 Å². The summed E-state index contributed by atoms with van der Waals surface area (Å²) in [6.45, 7) is 2.48. The summed E-state index contributed by atoms with van der Waals surface area (Å²) in [5.41, 5.74) is 10.0. The van der Waals surface area contributed by atoms with Gasteiger partial charge in [-0.05, 0) is 62.1 Å². The van der Waals surface area contributed by atoms with E-state index in [1.165, 1.54) is 7.11 Å². The van der Waals surface area contributed by atoms with Crippen LogP contribution in [0, 0.1) is 0 Å². The van der Waals surface area contributed by atoms with Crippen molar-refractivity contribution in [3.8, 4) is 17.0 Å². The number of halogens is 2. The van der Waals surface area contributed by atoms with Gasteiger partial charge in [0.25, 0.3) is 5.91 Å². The summed E-state index contributed by atoms with van der Waals surface area (Å²) in [5.74, 6) is -0.0256. The van der Waals surface area contributed by atoms with Crippen molar-refractivity contribution in [3.63, 3.8) is 0 Å². The number of nitrogens with two attached hydrogens (primary N) is 1. The topological polar surface area (TPSA) is 90.4 Å². The van der Waals surface area contributed by atoms with E-state index in [2.05, 4.69) is 0 Å². The van der Waals surface area contributed by atoms with Crippen molar-refractivity contribution in [1.82, 2.24) is 14.7 Å². The molecule has 0 bridgehead atoms. The van der Waals surface area contributed by atoms with Crippen molar-refractivity contribution in [3.05, 3.63) is 68.8 Å². The van der Waals surface area contributed by atoms with Gasteiger partial charge in [0.2, 0.25) is 5.91 Å². The molecule has 0 unspecified atom stereocenters. The number of aromatic nitrogens is 2. The third-order valence-corrected chi connectivity index (χ3v) is 7.87. The quantitative estimate of drug-likeness (QED) is 0.537. The van der Waals surface area contributed by atoms with E-state index < -0.39 is 5.41 Å². The van der Waals surface area contributed by atoms with Crippen LogP contribution in [0.25, 0.3) is 11.3 Å². The van der Waals surface area contributed by atoms with Gasteiger partial charge in [0.1, 0.15) is 5.75 Å². The minimum atomic E-state index is -0.634. The molecule has 0 radical (unpaired) electrons. The minimum absolute atomic E-state index is 0.165. The monoisotopic (exact) mass is 512 g/mol. The van der Waals surface area contributed by atoms with E-state index in [1.54, 1.807) is 23.1 Å². The molecule has 2 aliphatic rings. The first-order valence-corrected chi connectivity index (χ1v) is 12.2. The highest BCUT2D eigenvalue weighted by Crippen LogP contribution is 2.49. The SMILES string of the molecule is COc1cccc(C(=O)N2CCc3c(nn(C)c3-c3cc(Cl)cc(C4(C(N)=O)CC4)c3)[C@@H]2C)c1Cl. The van der Waals surface area contributed by atoms with Crippen LogP contribution < -0.4 is 10.5 Å². The van der Waals surface area contributed by atoms with Gasteiger partial charge in [-0.15, -0.1) is 0 Å². The largest absolute Gasteiger partial charge is 0.495 e. The molecular weight excluding hydrogens is 487 g/mol. The van der Waals surface area contributed by atoms with E-state index >= 15 is 0 Å². The smallest absolute Gasteiger partial charge is 0.256 e.